The van der Waals surface area contributed by atoms with Gasteiger partial charge in [-0.05, 0) is 18.2 Å². The molecule has 1 aromatic carbocycles. The maximum absolute atomic E-state index is 12.0. The Hall–Kier alpha value is -0.330. The van der Waals surface area contributed by atoms with Crippen LogP contribution >= 0.6 is 23.2 Å². The van der Waals surface area contributed by atoms with Crippen molar-refractivity contribution in [1.82, 2.24) is 4.72 Å². The van der Waals surface area contributed by atoms with Crippen molar-refractivity contribution >= 4 is 33.2 Å². The number of aliphatic hydroxyl groups excluding tert-OH is 1. The second-order valence-electron chi connectivity index (χ2n) is 4.72. The van der Waals surface area contributed by atoms with E-state index in [1.165, 1.54) is 18.2 Å². The standard InChI is InChI=1S/C11H15Cl2NO3S/c1-11(2,7-15)6-14-18(16,17)8-3-4-9(12)10(13)5-8/h3-5,14-15H,6-7H2,1-2H3. The largest absolute Gasteiger partial charge is 0.396 e. The summed E-state index contributed by atoms with van der Waals surface area (Å²) in [5, 5.41) is 9.55. The average molecular weight is 312 g/mol. The molecule has 1 rings (SSSR count). The number of benzene rings is 1. The van der Waals surface area contributed by atoms with Crippen molar-refractivity contribution in [2.24, 2.45) is 5.41 Å². The summed E-state index contributed by atoms with van der Waals surface area (Å²) in [7, 11) is -3.65. The third-order valence-electron chi connectivity index (χ3n) is 2.37. The zero-order chi connectivity index (χ0) is 14.0. The van der Waals surface area contributed by atoms with Gasteiger partial charge in [-0.2, -0.15) is 0 Å². The summed E-state index contributed by atoms with van der Waals surface area (Å²) < 4.78 is 26.4. The monoisotopic (exact) mass is 311 g/mol. The lowest BCUT2D eigenvalue weighted by Crippen LogP contribution is -2.36. The van der Waals surface area contributed by atoms with Crippen LogP contribution in [0.2, 0.25) is 10.0 Å². The van der Waals surface area contributed by atoms with Crippen LogP contribution in [0.1, 0.15) is 13.8 Å². The minimum absolute atomic E-state index is 0.0469. The van der Waals surface area contributed by atoms with Gasteiger partial charge in [0.05, 0.1) is 14.9 Å². The Morgan fingerprint density at radius 3 is 2.39 bits per heavy atom. The van der Waals surface area contributed by atoms with Crippen LogP contribution in [-0.2, 0) is 10.0 Å². The number of hydrogen-bond donors (Lipinski definition) is 2. The molecule has 4 nitrogen and oxygen atoms in total. The molecule has 18 heavy (non-hydrogen) atoms. The fraction of sp³-hybridized carbons (Fsp3) is 0.455. The van der Waals surface area contributed by atoms with Crippen molar-refractivity contribution < 1.29 is 13.5 Å². The third-order valence-corrected chi connectivity index (χ3v) is 4.51. The molecule has 0 spiro atoms. The summed E-state index contributed by atoms with van der Waals surface area (Å²) >= 11 is 11.5. The van der Waals surface area contributed by atoms with Crippen LogP contribution in [-0.4, -0.2) is 26.7 Å². The van der Waals surface area contributed by atoms with Gasteiger partial charge in [0.2, 0.25) is 10.0 Å². The second kappa shape index (κ2) is 5.75. The fourth-order valence-corrected chi connectivity index (χ4v) is 2.70. The Morgan fingerprint density at radius 1 is 1.28 bits per heavy atom. The SMILES string of the molecule is CC(C)(CO)CNS(=O)(=O)c1ccc(Cl)c(Cl)c1. The minimum atomic E-state index is -3.65. The van der Waals surface area contributed by atoms with Gasteiger partial charge in [-0.1, -0.05) is 37.0 Å². The molecule has 7 heteroatoms. The van der Waals surface area contributed by atoms with E-state index in [2.05, 4.69) is 4.72 Å². The molecule has 0 aliphatic heterocycles. The molecule has 0 aliphatic rings. The molecule has 102 valence electrons. The first-order valence-electron chi connectivity index (χ1n) is 5.23. The highest BCUT2D eigenvalue weighted by Crippen LogP contribution is 2.25. The van der Waals surface area contributed by atoms with Gasteiger partial charge in [0.15, 0.2) is 0 Å². The topological polar surface area (TPSA) is 66.4 Å². The van der Waals surface area contributed by atoms with E-state index in [4.69, 9.17) is 28.3 Å². The smallest absolute Gasteiger partial charge is 0.240 e. The zero-order valence-corrected chi connectivity index (χ0v) is 12.4. The van der Waals surface area contributed by atoms with Gasteiger partial charge in [0.25, 0.3) is 0 Å². The van der Waals surface area contributed by atoms with Crippen LogP contribution in [0, 0.1) is 5.41 Å². The Bertz CT molecular complexity index is 529. The zero-order valence-electron chi connectivity index (χ0n) is 10.1. The van der Waals surface area contributed by atoms with E-state index in [0.717, 1.165) is 0 Å². The van der Waals surface area contributed by atoms with Crippen LogP contribution in [0.4, 0.5) is 0 Å². The molecule has 0 radical (unpaired) electrons. The predicted octanol–water partition coefficient (Wildman–Crippen LogP) is 2.29. The molecule has 0 aromatic heterocycles. The van der Waals surface area contributed by atoms with E-state index in [0.29, 0.717) is 5.02 Å². The normalized spacial score (nSPS) is 12.7. The summed E-state index contributed by atoms with van der Waals surface area (Å²) in [5.74, 6) is 0. The van der Waals surface area contributed by atoms with E-state index in [1.54, 1.807) is 13.8 Å². The quantitative estimate of drug-likeness (QED) is 0.876. The Morgan fingerprint density at radius 2 is 1.89 bits per heavy atom. The molecule has 0 fully saturated rings. The predicted molar refractivity (Wildman–Crippen MR) is 72.5 cm³/mol. The van der Waals surface area contributed by atoms with Gasteiger partial charge in [0, 0.05) is 18.6 Å². The van der Waals surface area contributed by atoms with E-state index in [-0.39, 0.29) is 23.1 Å². The van der Waals surface area contributed by atoms with Crippen LogP contribution in [0.15, 0.2) is 23.1 Å². The number of halogens is 2. The maximum atomic E-state index is 12.0. The molecule has 0 saturated carbocycles. The molecule has 0 heterocycles. The summed E-state index contributed by atoms with van der Waals surface area (Å²) in [6.45, 7) is 3.53. The second-order valence-corrected chi connectivity index (χ2v) is 7.30. The summed E-state index contributed by atoms with van der Waals surface area (Å²) in [6, 6.07) is 4.09. The molecule has 0 aliphatic carbocycles. The summed E-state index contributed by atoms with van der Waals surface area (Å²) in [6.07, 6.45) is 0. The van der Waals surface area contributed by atoms with Gasteiger partial charge >= 0.3 is 0 Å². The van der Waals surface area contributed by atoms with Crippen LogP contribution in [0.25, 0.3) is 0 Å². The molecular formula is C11H15Cl2NO3S. The first-order chi connectivity index (χ1) is 8.18. The summed E-state index contributed by atoms with van der Waals surface area (Å²) in [4.78, 5) is 0.0469. The Kier molecular flexibility index (Phi) is 5.03. The minimum Gasteiger partial charge on any atom is -0.396 e. The van der Waals surface area contributed by atoms with Crippen molar-refractivity contribution in [3.8, 4) is 0 Å². The molecule has 2 N–H and O–H groups in total. The van der Waals surface area contributed by atoms with Crippen molar-refractivity contribution in [3.63, 3.8) is 0 Å². The lowest BCUT2D eigenvalue weighted by atomic mass is 9.96. The van der Waals surface area contributed by atoms with Gasteiger partial charge in [-0.25, -0.2) is 13.1 Å². The molecular weight excluding hydrogens is 297 g/mol. The highest BCUT2D eigenvalue weighted by atomic mass is 35.5. The lowest BCUT2D eigenvalue weighted by Gasteiger charge is -2.21. The first kappa shape index (κ1) is 15.7. The molecule has 0 saturated heterocycles. The van der Waals surface area contributed by atoms with E-state index in [9.17, 15) is 8.42 Å². The lowest BCUT2D eigenvalue weighted by molar-refractivity contribution is 0.163. The Balaban J connectivity index is 2.90. The average Bonchev–Trinajstić information content (AvgIpc) is 2.30. The van der Waals surface area contributed by atoms with Crippen molar-refractivity contribution in [2.75, 3.05) is 13.2 Å². The molecule has 1 aromatic rings. The highest BCUT2D eigenvalue weighted by molar-refractivity contribution is 7.89. The molecule has 0 bridgehead atoms. The van der Waals surface area contributed by atoms with Crippen LogP contribution in [0.3, 0.4) is 0 Å². The van der Waals surface area contributed by atoms with Crippen molar-refractivity contribution in [1.29, 1.82) is 0 Å². The van der Waals surface area contributed by atoms with Crippen LogP contribution in [0.5, 0.6) is 0 Å². The van der Waals surface area contributed by atoms with E-state index >= 15 is 0 Å². The van der Waals surface area contributed by atoms with Crippen molar-refractivity contribution in [3.05, 3.63) is 28.2 Å². The molecule has 0 atom stereocenters. The number of sulfonamides is 1. The van der Waals surface area contributed by atoms with Crippen LogP contribution < -0.4 is 4.72 Å². The van der Waals surface area contributed by atoms with Gasteiger partial charge in [-0.3, -0.25) is 0 Å². The Labute approximate surface area is 117 Å². The van der Waals surface area contributed by atoms with E-state index < -0.39 is 15.4 Å². The van der Waals surface area contributed by atoms with Gasteiger partial charge in [0.1, 0.15) is 0 Å². The first-order valence-corrected chi connectivity index (χ1v) is 7.47. The number of nitrogens with one attached hydrogen (secondary N) is 1. The van der Waals surface area contributed by atoms with Gasteiger partial charge < -0.3 is 5.11 Å². The number of aliphatic hydroxyl groups is 1. The number of rotatable bonds is 5. The van der Waals surface area contributed by atoms with E-state index in [1.807, 2.05) is 0 Å². The summed E-state index contributed by atoms with van der Waals surface area (Å²) in [5.41, 5.74) is -0.525. The third kappa shape index (κ3) is 4.10. The fourth-order valence-electron chi connectivity index (χ4n) is 1.07. The number of hydrogen-bond acceptors (Lipinski definition) is 3. The van der Waals surface area contributed by atoms with Gasteiger partial charge in [-0.15, -0.1) is 0 Å². The van der Waals surface area contributed by atoms with Crippen molar-refractivity contribution in [2.45, 2.75) is 18.7 Å². The molecule has 0 unspecified atom stereocenters. The molecule has 0 amide bonds. The maximum Gasteiger partial charge on any atom is 0.240 e. The highest BCUT2D eigenvalue weighted by Gasteiger charge is 2.22.